The number of piperidine rings is 1. The van der Waals surface area contributed by atoms with E-state index in [4.69, 9.17) is 0 Å². The molecular weight excluding hydrogens is 364 g/mol. The second-order valence-corrected chi connectivity index (χ2v) is 7.76. The third kappa shape index (κ3) is 3.93. The van der Waals surface area contributed by atoms with Crippen LogP contribution in [0, 0.1) is 19.8 Å². The van der Waals surface area contributed by atoms with E-state index < -0.39 is 6.10 Å². The second kappa shape index (κ2) is 8.17. The van der Waals surface area contributed by atoms with Crippen LogP contribution < -0.4 is 0 Å². The second-order valence-electron chi connectivity index (χ2n) is 7.76. The molecule has 2 heterocycles. The number of carbonyl (C=O) groups is 1. The van der Waals surface area contributed by atoms with Gasteiger partial charge in [0, 0.05) is 13.1 Å². The van der Waals surface area contributed by atoms with Crippen LogP contribution >= 0.6 is 0 Å². The lowest BCUT2D eigenvalue weighted by atomic mass is 9.87. The van der Waals surface area contributed by atoms with Gasteiger partial charge in [-0.25, -0.2) is 4.68 Å². The Bertz CT molecular complexity index is 991. The van der Waals surface area contributed by atoms with Crippen molar-refractivity contribution < 1.29 is 9.90 Å². The maximum Gasteiger partial charge on any atom is 0.276 e. The molecule has 6 heteroatoms. The van der Waals surface area contributed by atoms with Crippen molar-refractivity contribution in [2.24, 2.45) is 5.92 Å². The Morgan fingerprint density at radius 1 is 1.07 bits per heavy atom. The minimum Gasteiger partial charge on any atom is -0.388 e. The predicted molar refractivity (Wildman–Crippen MR) is 111 cm³/mol. The predicted octanol–water partition coefficient (Wildman–Crippen LogP) is 3.47. The molecule has 1 N–H and O–H groups in total. The fourth-order valence-corrected chi connectivity index (χ4v) is 4.02. The molecule has 0 saturated carbocycles. The number of aliphatic hydroxyl groups excluding tert-OH is 1. The first kappa shape index (κ1) is 19.3. The van der Waals surface area contributed by atoms with E-state index in [0.717, 1.165) is 35.3 Å². The molecule has 3 aromatic rings. The number of aromatic nitrogens is 3. The van der Waals surface area contributed by atoms with Gasteiger partial charge in [-0.2, -0.15) is 0 Å². The van der Waals surface area contributed by atoms with Crippen molar-refractivity contribution >= 4 is 5.91 Å². The number of hydrogen-bond donors (Lipinski definition) is 1. The average Bonchev–Trinajstić information content (AvgIpc) is 3.15. The van der Waals surface area contributed by atoms with Crippen molar-refractivity contribution in [1.82, 2.24) is 19.9 Å². The Balaban J connectivity index is 1.44. The molecule has 0 radical (unpaired) electrons. The largest absolute Gasteiger partial charge is 0.388 e. The molecule has 29 heavy (non-hydrogen) atoms. The highest BCUT2D eigenvalue weighted by molar-refractivity contribution is 5.93. The molecule has 1 amide bonds. The molecule has 1 fully saturated rings. The first-order chi connectivity index (χ1) is 14.0. The fourth-order valence-electron chi connectivity index (χ4n) is 4.02. The zero-order valence-electron chi connectivity index (χ0n) is 16.8. The van der Waals surface area contributed by atoms with Gasteiger partial charge in [0.2, 0.25) is 0 Å². The minimum absolute atomic E-state index is 0.0888. The maximum atomic E-state index is 13.0. The zero-order chi connectivity index (χ0) is 20.4. The summed E-state index contributed by atoms with van der Waals surface area (Å²) in [7, 11) is 0. The van der Waals surface area contributed by atoms with Crippen molar-refractivity contribution in [3.8, 4) is 5.69 Å². The van der Waals surface area contributed by atoms with E-state index in [1.54, 1.807) is 4.68 Å². The van der Waals surface area contributed by atoms with Crippen molar-refractivity contribution in [2.75, 3.05) is 13.1 Å². The highest BCUT2D eigenvalue weighted by atomic mass is 16.3. The SMILES string of the molecule is Cc1cccc(-n2nnc(C(=O)N3CCC(C(O)c4ccccc4)CC3)c2C)c1. The molecule has 1 aliphatic rings. The van der Waals surface area contributed by atoms with Crippen LogP contribution in [-0.2, 0) is 0 Å². The van der Waals surface area contributed by atoms with Crippen LogP contribution in [0.5, 0.6) is 0 Å². The van der Waals surface area contributed by atoms with Gasteiger partial charge in [0.05, 0.1) is 17.5 Å². The third-order valence-corrected chi connectivity index (χ3v) is 5.76. The zero-order valence-corrected chi connectivity index (χ0v) is 16.8. The Kier molecular flexibility index (Phi) is 5.45. The van der Waals surface area contributed by atoms with Crippen LogP contribution in [0.25, 0.3) is 5.69 Å². The molecule has 1 unspecified atom stereocenters. The molecule has 6 nitrogen and oxygen atoms in total. The van der Waals surface area contributed by atoms with Gasteiger partial charge in [-0.05, 0) is 55.9 Å². The quantitative estimate of drug-likeness (QED) is 0.740. The Morgan fingerprint density at radius 2 is 1.79 bits per heavy atom. The standard InChI is InChI=1S/C23H26N4O2/c1-16-7-6-10-20(15-16)27-17(2)21(24-25-27)23(29)26-13-11-19(12-14-26)22(28)18-8-4-3-5-9-18/h3-10,15,19,22,28H,11-14H2,1-2H3. The minimum atomic E-state index is -0.489. The van der Waals surface area contributed by atoms with Crippen LogP contribution in [0.1, 0.15) is 46.3 Å². The lowest BCUT2D eigenvalue weighted by molar-refractivity contribution is 0.0458. The molecule has 0 spiro atoms. The van der Waals surface area contributed by atoms with E-state index in [-0.39, 0.29) is 11.8 Å². The highest BCUT2D eigenvalue weighted by Crippen LogP contribution is 2.31. The number of benzene rings is 2. The first-order valence-electron chi connectivity index (χ1n) is 10.1. The van der Waals surface area contributed by atoms with Crippen molar-refractivity contribution in [3.05, 3.63) is 77.1 Å². The number of aliphatic hydroxyl groups is 1. The summed E-state index contributed by atoms with van der Waals surface area (Å²) in [5.74, 6) is 0.0691. The van der Waals surface area contributed by atoms with Gasteiger partial charge in [0.25, 0.3) is 5.91 Å². The maximum absolute atomic E-state index is 13.0. The van der Waals surface area contributed by atoms with Gasteiger partial charge in [0.1, 0.15) is 0 Å². The molecule has 0 aliphatic carbocycles. The smallest absolute Gasteiger partial charge is 0.276 e. The summed E-state index contributed by atoms with van der Waals surface area (Å²) in [6.07, 6.45) is 1.05. The lowest BCUT2D eigenvalue weighted by Gasteiger charge is -2.34. The average molecular weight is 390 g/mol. The van der Waals surface area contributed by atoms with Gasteiger partial charge < -0.3 is 10.0 Å². The molecule has 0 bridgehead atoms. The first-order valence-corrected chi connectivity index (χ1v) is 10.1. The third-order valence-electron chi connectivity index (χ3n) is 5.76. The Morgan fingerprint density at radius 3 is 2.48 bits per heavy atom. The van der Waals surface area contributed by atoms with Crippen LogP contribution in [0.2, 0.25) is 0 Å². The molecular formula is C23H26N4O2. The van der Waals surface area contributed by atoms with E-state index in [1.165, 1.54) is 0 Å². The van der Waals surface area contributed by atoms with Crippen LogP contribution in [0.15, 0.2) is 54.6 Å². The van der Waals surface area contributed by atoms with Crippen molar-refractivity contribution in [1.29, 1.82) is 0 Å². The normalized spacial score (nSPS) is 16.0. The topological polar surface area (TPSA) is 71.2 Å². The van der Waals surface area contributed by atoms with Gasteiger partial charge in [-0.15, -0.1) is 5.10 Å². The lowest BCUT2D eigenvalue weighted by Crippen LogP contribution is -2.40. The molecule has 150 valence electrons. The number of amides is 1. The summed E-state index contributed by atoms with van der Waals surface area (Å²) in [6.45, 7) is 5.13. The monoisotopic (exact) mass is 390 g/mol. The van der Waals surface area contributed by atoms with E-state index >= 15 is 0 Å². The summed E-state index contributed by atoms with van der Waals surface area (Å²) in [5.41, 5.74) is 4.11. The summed E-state index contributed by atoms with van der Waals surface area (Å²) >= 11 is 0. The molecule has 4 rings (SSSR count). The number of carbonyl (C=O) groups excluding carboxylic acids is 1. The number of hydrogen-bond acceptors (Lipinski definition) is 4. The number of aryl methyl sites for hydroxylation is 1. The van der Waals surface area contributed by atoms with Gasteiger partial charge >= 0.3 is 0 Å². The summed E-state index contributed by atoms with van der Waals surface area (Å²) in [6, 6.07) is 17.7. The number of rotatable bonds is 4. The van der Waals surface area contributed by atoms with Crippen LogP contribution in [0.3, 0.4) is 0 Å². The van der Waals surface area contributed by atoms with E-state index in [2.05, 4.69) is 10.3 Å². The van der Waals surface area contributed by atoms with E-state index in [1.807, 2.05) is 73.3 Å². The number of nitrogens with zero attached hydrogens (tertiary/aromatic N) is 4. The fraction of sp³-hybridized carbons (Fsp3) is 0.348. The Labute approximate surface area is 170 Å². The summed E-state index contributed by atoms with van der Waals surface area (Å²) < 4.78 is 1.71. The molecule has 1 saturated heterocycles. The van der Waals surface area contributed by atoms with Crippen molar-refractivity contribution in [3.63, 3.8) is 0 Å². The van der Waals surface area contributed by atoms with Gasteiger partial charge in [-0.3, -0.25) is 4.79 Å². The highest BCUT2D eigenvalue weighted by Gasteiger charge is 2.30. The van der Waals surface area contributed by atoms with Gasteiger partial charge in [0.15, 0.2) is 5.69 Å². The van der Waals surface area contributed by atoms with Crippen molar-refractivity contribution in [2.45, 2.75) is 32.8 Å². The molecule has 1 aromatic heterocycles. The summed E-state index contributed by atoms with van der Waals surface area (Å²) in [5, 5.41) is 19.0. The number of likely N-dealkylation sites (tertiary alicyclic amines) is 1. The summed E-state index contributed by atoms with van der Waals surface area (Å²) in [4.78, 5) is 14.9. The van der Waals surface area contributed by atoms with E-state index in [9.17, 15) is 9.90 Å². The molecule has 2 aromatic carbocycles. The molecule has 1 aliphatic heterocycles. The molecule has 1 atom stereocenters. The van der Waals surface area contributed by atoms with Crippen LogP contribution in [-0.4, -0.2) is 44.0 Å². The van der Waals surface area contributed by atoms with Gasteiger partial charge in [-0.1, -0.05) is 47.7 Å². The van der Waals surface area contributed by atoms with E-state index in [0.29, 0.717) is 18.8 Å². The van der Waals surface area contributed by atoms with Crippen LogP contribution in [0.4, 0.5) is 0 Å². The Hall–Kier alpha value is -2.99.